The maximum absolute atomic E-state index is 13.0. The quantitative estimate of drug-likeness (QED) is 0.610. The predicted octanol–water partition coefficient (Wildman–Crippen LogP) is 5.19. The minimum absolute atomic E-state index is 0.120. The van der Waals surface area contributed by atoms with E-state index in [0.717, 1.165) is 15.8 Å². The molecule has 3 aromatic rings. The van der Waals surface area contributed by atoms with Crippen molar-refractivity contribution in [1.29, 1.82) is 0 Å². The molecule has 0 radical (unpaired) electrons. The fraction of sp³-hybridized carbons (Fsp3) is 0.200. The maximum Gasteiger partial charge on any atom is 0.232 e. The standard InChI is InChI=1S/C20H17ClN2O3S/c1-3-25-19-13(18(24)12-9-11(2)7-8-15(12)26-19)10-22-20-23-17-14(21)5-4-6-16(17)27-20/h4-10,19H,3H2,1-2H3,(H,22,23)/b13-10-/t19-/m1/s1. The Morgan fingerprint density at radius 3 is 3.00 bits per heavy atom. The summed E-state index contributed by atoms with van der Waals surface area (Å²) in [6.45, 7) is 4.22. The highest BCUT2D eigenvalue weighted by molar-refractivity contribution is 7.22. The Bertz CT molecular complexity index is 1060. The molecule has 2 aromatic carbocycles. The lowest BCUT2D eigenvalue weighted by molar-refractivity contribution is -0.0509. The van der Waals surface area contributed by atoms with Crippen molar-refractivity contribution in [3.8, 4) is 5.75 Å². The van der Waals surface area contributed by atoms with Crippen LogP contribution in [0.5, 0.6) is 5.75 Å². The maximum atomic E-state index is 13.0. The van der Waals surface area contributed by atoms with E-state index in [1.165, 1.54) is 11.3 Å². The van der Waals surface area contributed by atoms with Crippen molar-refractivity contribution in [1.82, 2.24) is 4.98 Å². The zero-order valence-corrected chi connectivity index (χ0v) is 16.4. The van der Waals surface area contributed by atoms with Crippen LogP contribution in [0, 0.1) is 6.92 Å². The Kier molecular flexibility index (Phi) is 4.86. The fourth-order valence-corrected chi connectivity index (χ4v) is 4.03. The summed E-state index contributed by atoms with van der Waals surface area (Å²) >= 11 is 7.64. The number of benzene rings is 2. The summed E-state index contributed by atoms with van der Waals surface area (Å²) in [6.07, 6.45) is 0.850. The molecule has 0 bridgehead atoms. The van der Waals surface area contributed by atoms with Gasteiger partial charge in [-0.25, -0.2) is 4.98 Å². The molecule has 27 heavy (non-hydrogen) atoms. The molecule has 1 atom stereocenters. The first-order valence-corrected chi connectivity index (χ1v) is 9.71. The van der Waals surface area contributed by atoms with Gasteiger partial charge in [0.2, 0.25) is 6.29 Å². The van der Waals surface area contributed by atoms with Gasteiger partial charge in [-0.2, -0.15) is 0 Å². The van der Waals surface area contributed by atoms with Crippen LogP contribution in [-0.2, 0) is 4.74 Å². The Morgan fingerprint density at radius 2 is 2.22 bits per heavy atom. The van der Waals surface area contributed by atoms with Crippen LogP contribution in [-0.4, -0.2) is 23.7 Å². The van der Waals surface area contributed by atoms with Crippen LogP contribution in [0.3, 0.4) is 0 Å². The fourth-order valence-electron chi connectivity index (χ4n) is 2.89. The second-order valence-electron chi connectivity index (χ2n) is 6.08. The highest BCUT2D eigenvalue weighted by Crippen LogP contribution is 2.33. The number of carbonyl (C=O) groups excluding carboxylic acids is 1. The molecule has 0 fully saturated rings. The van der Waals surface area contributed by atoms with Crippen molar-refractivity contribution in [3.63, 3.8) is 0 Å². The number of halogens is 1. The molecule has 0 saturated carbocycles. The monoisotopic (exact) mass is 400 g/mol. The van der Waals surface area contributed by atoms with E-state index in [0.29, 0.717) is 33.6 Å². The molecule has 0 amide bonds. The van der Waals surface area contributed by atoms with Gasteiger partial charge >= 0.3 is 0 Å². The van der Waals surface area contributed by atoms with Gasteiger partial charge in [0.25, 0.3) is 0 Å². The molecule has 0 aliphatic carbocycles. The van der Waals surface area contributed by atoms with E-state index >= 15 is 0 Å². The first-order chi connectivity index (χ1) is 13.1. The molecule has 0 unspecified atom stereocenters. The third-order valence-corrected chi connectivity index (χ3v) is 5.43. The van der Waals surface area contributed by atoms with Crippen molar-refractivity contribution in [2.45, 2.75) is 20.1 Å². The van der Waals surface area contributed by atoms with Gasteiger partial charge in [0.1, 0.15) is 11.3 Å². The van der Waals surface area contributed by atoms with E-state index in [9.17, 15) is 4.79 Å². The summed E-state index contributed by atoms with van der Waals surface area (Å²) in [6, 6.07) is 11.2. The van der Waals surface area contributed by atoms with Crippen LogP contribution >= 0.6 is 22.9 Å². The number of thiazole rings is 1. The Labute approximate surface area is 165 Å². The number of hydrogen-bond donors (Lipinski definition) is 1. The van der Waals surface area contributed by atoms with Crippen LogP contribution < -0.4 is 10.1 Å². The second kappa shape index (κ2) is 7.31. The van der Waals surface area contributed by atoms with Crippen LogP contribution in [0.2, 0.25) is 5.02 Å². The average Bonchev–Trinajstić information content (AvgIpc) is 3.07. The Balaban J connectivity index is 1.68. The van der Waals surface area contributed by atoms with Crippen molar-refractivity contribution in [2.75, 3.05) is 11.9 Å². The molecule has 5 nitrogen and oxygen atoms in total. The van der Waals surface area contributed by atoms with Gasteiger partial charge in [0, 0.05) is 12.8 Å². The van der Waals surface area contributed by atoms with Gasteiger partial charge < -0.3 is 14.8 Å². The van der Waals surface area contributed by atoms with E-state index in [1.807, 2.05) is 38.1 Å². The SMILES string of the molecule is CCO[C@@H]1Oc2ccc(C)cc2C(=O)/C1=C/Nc1nc2c(Cl)cccc2s1. The molecule has 4 rings (SSSR count). The van der Waals surface area contributed by atoms with Gasteiger partial charge in [-0.05, 0) is 38.1 Å². The lowest BCUT2D eigenvalue weighted by Gasteiger charge is -2.27. The van der Waals surface area contributed by atoms with Crippen LogP contribution in [0.15, 0.2) is 48.2 Å². The number of aromatic nitrogens is 1. The number of para-hydroxylation sites is 1. The van der Waals surface area contributed by atoms with Crippen LogP contribution in [0.4, 0.5) is 5.13 Å². The smallest absolute Gasteiger partial charge is 0.232 e. The number of Topliss-reactive ketones (excluding diaryl/α,β-unsaturated/α-hetero) is 1. The molecule has 2 heterocycles. The molecule has 0 spiro atoms. The summed E-state index contributed by atoms with van der Waals surface area (Å²) < 4.78 is 12.5. The van der Waals surface area contributed by atoms with E-state index < -0.39 is 6.29 Å². The lowest BCUT2D eigenvalue weighted by atomic mass is 9.98. The normalized spacial score (nSPS) is 17.8. The van der Waals surface area contributed by atoms with Gasteiger partial charge in [-0.1, -0.05) is 40.6 Å². The van der Waals surface area contributed by atoms with Gasteiger partial charge in [-0.15, -0.1) is 0 Å². The molecule has 7 heteroatoms. The number of rotatable bonds is 4. The van der Waals surface area contributed by atoms with E-state index in [2.05, 4.69) is 10.3 Å². The number of hydrogen-bond acceptors (Lipinski definition) is 6. The summed E-state index contributed by atoms with van der Waals surface area (Å²) in [5.74, 6) is 0.415. The summed E-state index contributed by atoms with van der Waals surface area (Å²) in [7, 11) is 0. The number of nitrogens with one attached hydrogen (secondary N) is 1. The Hall–Kier alpha value is -2.41. The zero-order chi connectivity index (χ0) is 19.0. The summed E-state index contributed by atoms with van der Waals surface area (Å²) in [5, 5.41) is 4.34. The third-order valence-electron chi connectivity index (χ3n) is 4.17. The molecule has 1 N–H and O–H groups in total. The molecule has 1 aliphatic heterocycles. The van der Waals surface area contributed by atoms with Crippen LogP contribution in [0.25, 0.3) is 10.2 Å². The first kappa shape index (κ1) is 18.0. The van der Waals surface area contributed by atoms with Crippen LogP contribution in [0.1, 0.15) is 22.8 Å². The van der Waals surface area contributed by atoms with Gasteiger partial charge in [-0.3, -0.25) is 4.79 Å². The molecule has 1 aromatic heterocycles. The van der Waals surface area contributed by atoms with Crippen molar-refractivity contribution < 1.29 is 14.3 Å². The number of anilines is 1. The van der Waals surface area contributed by atoms with Crippen molar-refractivity contribution >= 4 is 44.1 Å². The highest BCUT2D eigenvalue weighted by atomic mass is 35.5. The number of aryl methyl sites for hydroxylation is 1. The average molecular weight is 401 g/mol. The minimum atomic E-state index is -0.761. The Morgan fingerprint density at radius 1 is 1.37 bits per heavy atom. The molecule has 0 saturated heterocycles. The van der Waals surface area contributed by atoms with Gasteiger partial charge in [0.05, 0.1) is 20.9 Å². The topological polar surface area (TPSA) is 60.5 Å². The first-order valence-electron chi connectivity index (χ1n) is 8.52. The van der Waals surface area contributed by atoms with E-state index in [4.69, 9.17) is 21.1 Å². The summed E-state index contributed by atoms with van der Waals surface area (Å²) in [5.41, 5.74) is 2.67. The number of carbonyl (C=O) groups is 1. The molecule has 138 valence electrons. The lowest BCUT2D eigenvalue weighted by Crippen LogP contribution is -2.33. The number of nitrogens with zero attached hydrogens (tertiary/aromatic N) is 1. The number of fused-ring (bicyclic) bond motifs is 2. The van der Waals surface area contributed by atoms with Gasteiger partial charge in [0.15, 0.2) is 10.9 Å². The number of ketones is 1. The van der Waals surface area contributed by atoms with E-state index in [-0.39, 0.29) is 5.78 Å². The predicted molar refractivity (Wildman–Crippen MR) is 108 cm³/mol. The molecular formula is C20H17ClN2O3S. The van der Waals surface area contributed by atoms with Crippen molar-refractivity contribution in [3.05, 3.63) is 64.3 Å². The highest BCUT2D eigenvalue weighted by Gasteiger charge is 2.32. The number of ether oxygens (including phenoxy) is 2. The van der Waals surface area contributed by atoms with Crippen molar-refractivity contribution in [2.24, 2.45) is 0 Å². The third kappa shape index (κ3) is 3.43. The molecule has 1 aliphatic rings. The second-order valence-corrected chi connectivity index (χ2v) is 7.52. The molecular weight excluding hydrogens is 384 g/mol. The minimum Gasteiger partial charge on any atom is -0.460 e. The largest absolute Gasteiger partial charge is 0.460 e. The summed E-state index contributed by atoms with van der Waals surface area (Å²) in [4.78, 5) is 17.5. The zero-order valence-electron chi connectivity index (χ0n) is 14.8. The van der Waals surface area contributed by atoms with E-state index in [1.54, 1.807) is 18.3 Å².